The summed E-state index contributed by atoms with van der Waals surface area (Å²) in [5.74, 6) is -1.50. The third kappa shape index (κ3) is 4.05. The molecule has 2 rings (SSSR count). The van der Waals surface area contributed by atoms with Crippen LogP contribution in [0, 0.1) is 5.82 Å². The number of nitrogens with one attached hydrogen (secondary N) is 1. The number of phenols is 1. The molecule has 0 saturated heterocycles. The van der Waals surface area contributed by atoms with E-state index in [4.69, 9.17) is 5.11 Å². The average Bonchev–Trinajstić information content (AvgIpc) is 2.52. The summed E-state index contributed by atoms with van der Waals surface area (Å²) >= 11 is 0. The monoisotopic (exact) mass is 303 g/mol. The summed E-state index contributed by atoms with van der Waals surface area (Å²) in [6.45, 7) is 0.331. The maximum atomic E-state index is 12.9. The number of rotatable bonds is 6. The molecule has 116 valence electrons. The lowest BCUT2D eigenvalue weighted by Gasteiger charge is -2.17. The molecule has 22 heavy (non-hydrogen) atoms. The summed E-state index contributed by atoms with van der Waals surface area (Å²) in [7, 11) is 0. The zero-order valence-electron chi connectivity index (χ0n) is 12.0. The Labute approximate surface area is 128 Å². The molecule has 0 aliphatic carbocycles. The molecule has 0 heterocycles. The summed E-state index contributed by atoms with van der Waals surface area (Å²) in [6, 6.07) is 12.8. The minimum absolute atomic E-state index is 0.0111. The molecule has 0 bridgehead atoms. The van der Waals surface area contributed by atoms with Crippen LogP contribution in [0.3, 0.4) is 0 Å². The van der Waals surface area contributed by atoms with Crippen molar-refractivity contribution in [2.24, 2.45) is 0 Å². The highest BCUT2D eigenvalue weighted by Gasteiger charge is 2.15. The molecule has 0 aromatic heterocycles. The van der Waals surface area contributed by atoms with Gasteiger partial charge in [-0.15, -0.1) is 0 Å². The van der Waals surface area contributed by atoms with Gasteiger partial charge in [0.2, 0.25) is 0 Å². The summed E-state index contributed by atoms with van der Waals surface area (Å²) in [4.78, 5) is 12.1. The summed E-state index contributed by atoms with van der Waals surface area (Å²) in [6.07, 6.45) is 0.514. The Morgan fingerprint density at radius 3 is 2.55 bits per heavy atom. The molecule has 0 fully saturated rings. The van der Waals surface area contributed by atoms with Gasteiger partial charge < -0.3 is 15.5 Å². The van der Waals surface area contributed by atoms with Crippen molar-refractivity contribution in [3.63, 3.8) is 0 Å². The number of carbonyl (C=O) groups excluding carboxylic acids is 1. The Morgan fingerprint density at radius 2 is 1.91 bits per heavy atom. The van der Waals surface area contributed by atoms with Crippen LogP contribution in [0.25, 0.3) is 0 Å². The molecule has 2 aromatic carbocycles. The molecule has 3 N–H and O–H groups in total. The lowest BCUT2D eigenvalue weighted by molar-refractivity contribution is 0.0946. The fourth-order valence-electron chi connectivity index (χ4n) is 2.28. The number of halogens is 1. The van der Waals surface area contributed by atoms with Crippen LogP contribution in [-0.4, -0.2) is 29.3 Å². The zero-order chi connectivity index (χ0) is 15.9. The molecule has 1 amide bonds. The lowest BCUT2D eigenvalue weighted by atomic mass is 9.96. The molecule has 2 aromatic rings. The normalized spacial score (nSPS) is 11.9. The van der Waals surface area contributed by atoms with Gasteiger partial charge in [-0.05, 0) is 24.1 Å². The highest BCUT2D eigenvalue weighted by molar-refractivity contribution is 5.96. The average molecular weight is 303 g/mol. The van der Waals surface area contributed by atoms with E-state index in [2.05, 4.69) is 5.32 Å². The Balaban J connectivity index is 2.04. The molecular formula is C17H18FNO3. The van der Waals surface area contributed by atoms with E-state index in [0.29, 0.717) is 13.0 Å². The number of aliphatic hydroxyl groups excluding tert-OH is 1. The van der Waals surface area contributed by atoms with E-state index in [9.17, 15) is 14.3 Å². The van der Waals surface area contributed by atoms with Gasteiger partial charge in [-0.1, -0.05) is 30.3 Å². The fraction of sp³-hybridized carbons (Fsp3) is 0.235. The van der Waals surface area contributed by atoms with Crippen molar-refractivity contribution in [3.05, 3.63) is 65.5 Å². The van der Waals surface area contributed by atoms with Crippen molar-refractivity contribution >= 4 is 5.91 Å². The van der Waals surface area contributed by atoms with Crippen molar-refractivity contribution in [3.8, 4) is 5.75 Å². The van der Waals surface area contributed by atoms with Crippen LogP contribution >= 0.6 is 0 Å². The van der Waals surface area contributed by atoms with Gasteiger partial charge in [-0.2, -0.15) is 0 Å². The molecule has 5 heteroatoms. The van der Waals surface area contributed by atoms with Crippen LogP contribution in [0.1, 0.15) is 28.3 Å². The number of amides is 1. The summed E-state index contributed by atoms with van der Waals surface area (Å²) < 4.78 is 12.9. The van der Waals surface area contributed by atoms with Crippen molar-refractivity contribution < 1.29 is 19.4 Å². The number of hydrogen-bond acceptors (Lipinski definition) is 3. The maximum Gasteiger partial charge on any atom is 0.255 e. The first-order valence-corrected chi connectivity index (χ1v) is 7.04. The minimum Gasteiger partial charge on any atom is -0.507 e. The second-order valence-electron chi connectivity index (χ2n) is 4.99. The van der Waals surface area contributed by atoms with Gasteiger partial charge in [0, 0.05) is 25.1 Å². The number of aliphatic hydroxyl groups is 1. The van der Waals surface area contributed by atoms with Gasteiger partial charge in [-0.3, -0.25) is 4.79 Å². The van der Waals surface area contributed by atoms with Gasteiger partial charge in [0.25, 0.3) is 5.91 Å². The Morgan fingerprint density at radius 1 is 1.18 bits per heavy atom. The number of hydrogen-bond donors (Lipinski definition) is 3. The molecule has 0 aliphatic heterocycles. The number of benzene rings is 2. The Bertz CT molecular complexity index is 631. The lowest BCUT2D eigenvalue weighted by Crippen LogP contribution is -2.29. The van der Waals surface area contributed by atoms with Crippen LogP contribution in [0.5, 0.6) is 5.75 Å². The van der Waals surface area contributed by atoms with E-state index in [0.717, 1.165) is 17.7 Å². The maximum absolute atomic E-state index is 12.9. The predicted molar refractivity (Wildman–Crippen MR) is 81.3 cm³/mol. The third-order valence-electron chi connectivity index (χ3n) is 3.46. The SMILES string of the molecule is O=C(NCC(CCO)c1ccccc1)c1ccc(F)cc1O. The van der Waals surface area contributed by atoms with E-state index in [1.54, 1.807) is 0 Å². The van der Waals surface area contributed by atoms with Crippen LogP contribution in [-0.2, 0) is 0 Å². The first-order valence-electron chi connectivity index (χ1n) is 7.04. The summed E-state index contributed by atoms with van der Waals surface area (Å²) in [5.41, 5.74) is 1.04. The quantitative estimate of drug-likeness (QED) is 0.767. The standard InChI is InChI=1S/C17H18FNO3/c18-14-6-7-15(16(21)10-14)17(22)19-11-13(8-9-20)12-4-2-1-3-5-12/h1-7,10,13,20-21H,8-9,11H2,(H,19,22). The van der Waals surface area contributed by atoms with E-state index < -0.39 is 17.5 Å². The number of carbonyl (C=O) groups is 1. The number of aromatic hydroxyl groups is 1. The molecule has 4 nitrogen and oxygen atoms in total. The molecule has 0 saturated carbocycles. The third-order valence-corrected chi connectivity index (χ3v) is 3.46. The predicted octanol–water partition coefficient (Wildman–Crippen LogP) is 2.43. The van der Waals surface area contributed by atoms with Crippen LogP contribution in [0.4, 0.5) is 4.39 Å². The highest BCUT2D eigenvalue weighted by atomic mass is 19.1. The van der Waals surface area contributed by atoms with E-state index >= 15 is 0 Å². The van der Waals surface area contributed by atoms with Gasteiger partial charge in [-0.25, -0.2) is 4.39 Å². The first-order chi connectivity index (χ1) is 10.6. The van der Waals surface area contributed by atoms with E-state index in [1.807, 2.05) is 30.3 Å². The molecule has 1 unspecified atom stereocenters. The van der Waals surface area contributed by atoms with Crippen molar-refractivity contribution in [1.82, 2.24) is 5.32 Å². The summed E-state index contributed by atoms with van der Waals surface area (Å²) in [5, 5.41) is 21.5. The van der Waals surface area contributed by atoms with Crippen LogP contribution in [0.2, 0.25) is 0 Å². The first kappa shape index (κ1) is 16.0. The van der Waals surface area contributed by atoms with Crippen molar-refractivity contribution in [2.45, 2.75) is 12.3 Å². The highest BCUT2D eigenvalue weighted by Crippen LogP contribution is 2.20. The second kappa shape index (κ2) is 7.56. The van der Waals surface area contributed by atoms with Gasteiger partial charge in [0.15, 0.2) is 0 Å². The Kier molecular flexibility index (Phi) is 5.49. The van der Waals surface area contributed by atoms with Gasteiger partial charge in [0.05, 0.1) is 5.56 Å². The van der Waals surface area contributed by atoms with E-state index in [-0.39, 0.29) is 18.1 Å². The fourth-order valence-corrected chi connectivity index (χ4v) is 2.28. The largest absolute Gasteiger partial charge is 0.507 e. The zero-order valence-corrected chi connectivity index (χ0v) is 12.0. The van der Waals surface area contributed by atoms with E-state index in [1.165, 1.54) is 6.07 Å². The van der Waals surface area contributed by atoms with Crippen molar-refractivity contribution in [2.75, 3.05) is 13.2 Å². The molecule has 1 atom stereocenters. The van der Waals surface area contributed by atoms with Crippen molar-refractivity contribution in [1.29, 1.82) is 0 Å². The molecule has 0 spiro atoms. The van der Waals surface area contributed by atoms with Crippen LogP contribution in [0.15, 0.2) is 48.5 Å². The van der Waals surface area contributed by atoms with Gasteiger partial charge in [0.1, 0.15) is 11.6 Å². The molecular weight excluding hydrogens is 285 g/mol. The molecule has 0 aliphatic rings. The minimum atomic E-state index is -0.600. The topological polar surface area (TPSA) is 69.6 Å². The second-order valence-corrected chi connectivity index (χ2v) is 4.99. The van der Waals surface area contributed by atoms with Crippen LogP contribution < -0.4 is 5.32 Å². The number of phenolic OH excluding ortho intramolecular Hbond substituents is 1. The molecule has 0 radical (unpaired) electrons. The van der Waals surface area contributed by atoms with Gasteiger partial charge >= 0.3 is 0 Å². The smallest absolute Gasteiger partial charge is 0.255 e. The Hall–Kier alpha value is -2.40.